The average Bonchev–Trinajstić information content (AvgIpc) is 2.82. The van der Waals surface area contributed by atoms with Gasteiger partial charge >= 0.3 is 0 Å². The Hall–Kier alpha value is -1.14. The third-order valence-electron chi connectivity index (χ3n) is 2.97. The van der Waals surface area contributed by atoms with E-state index in [-0.39, 0.29) is 17.4 Å². The molecule has 0 fully saturated rings. The van der Waals surface area contributed by atoms with Gasteiger partial charge in [0.15, 0.2) is 12.0 Å². The van der Waals surface area contributed by atoms with E-state index in [1.165, 1.54) is 22.9 Å². The van der Waals surface area contributed by atoms with Crippen LogP contribution in [-0.4, -0.2) is 14.8 Å². The van der Waals surface area contributed by atoms with E-state index in [0.29, 0.717) is 10.6 Å². The van der Waals surface area contributed by atoms with Gasteiger partial charge in [0.2, 0.25) is 5.16 Å². The van der Waals surface area contributed by atoms with Crippen LogP contribution in [0.15, 0.2) is 23.4 Å². The first kappa shape index (κ1) is 11.9. The molecule has 0 amide bonds. The summed E-state index contributed by atoms with van der Waals surface area (Å²) in [5.41, 5.74) is 0.321. The minimum Gasteiger partial charge on any atom is -0.239 e. The predicted molar refractivity (Wildman–Crippen MR) is 65.3 cm³/mol. The molecule has 18 heavy (non-hydrogen) atoms. The van der Waals surface area contributed by atoms with E-state index in [4.69, 9.17) is 11.6 Å². The lowest BCUT2D eigenvalue weighted by atomic mass is 10.0. The maximum Gasteiger partial charge on any atom is 0.205 e. The van der Waals surface area contributed by atoms with Gasteiger partial charge in [0.25, 0.3) is 0 Å². The summed E-state index contributed by atoms with van der Waals surface area (Å²) in [5, 5.41) is 4.57. The number of benzene rings is 1. The number of thiol groups is 1. The van der Waals surface area contributed by atoms with Gasteiger partial charge in [0.1, 0.15) is 5.82 Å². The van der Waals surface area contributed by atoms with Crippen molar-refractivity contribution in [3.63, 3.8) is 0 Å². The maximum atomic E-state index is 13.8. The molecule has 2 atom stereocenters. The second kappa shape index (κ2) is 4.20. The van der Waals surface area contributed by atoms with E-state index >= 15 is 0 Å². The Balaban J connectivity index is 2.11. The molecule has 1 aliphatic heterocycles. The van der Waals surface area contributed by atoms with E-state index in [9.17, 15) is 8.78 Å². The highest BCUT2D eigenvalue weighted by Gasteiger charge is 2.36. The zero-order valence-electron chi connectivity index (χ0n) is 9.02. The number of aromatic nitrogens is 3. The Morgan fingerprint density at radius 3 is 3.00 bits per heavy atom. The maximum absolute atomic E-state index is 13.8. The molecule has 2 aromatic rings. The normalized spacial score (nSPS) is 22.2. The summed E-state index contributed by atoms with van der Waals surface area (Å²) >= 11 is 9.82. The number of hydrogen-bond acceptors (Lipinski definition) is 3. The Kier molecular flexibility index (Phi) is 2.79. The van der Waals surface area contributed by atoms with E-state index < -0.39 is 18.0 Å². The molecule has 0 radical (unpaired) electrons. The van der Waals surface area contributed by atoms with Gasteiger partial charge in [-0.15, -0.1) is 17.7 Å². The highest BCUT2D eigenvalue weighted by atomic mass is 35.5. The van der Waals surface area contributed by atoms with Gasteiger partial charge < -0.3 is 0 Å². The first-order valence-electron chi connectivity index (χ1n) is 5.30. The van der Waals surface area contributed by atoms with Gasteiger partial charge in [0.05, 0.1) is 6.04 Å². The largest absolute Gasteiger partial charge is 0.239 e. The summed E-state index contributed by atoms with van der Waals surface area (Å²) in [6.45, 7) is 0. The SMILES string of the molecule is Fc1ccc(Cl)cc1[C@@H]1C[C@H](F)c2nc(S)nn21. The monoisotopic (exact) mass is 287 g/mol. The van der Waals surface area contributed by atoms with E-state index in [1.807, 2.05) is 0 Å². The molecular weight excluding hydrogens is 280 g/mol. The first-order valence-corrected chi connectivity index (χ1v) is 6.13. The van der Waals surface area contributed by atoms with Crippen molar-refractivity contribution in [1.29, 1.82) is 0 Å². The van der Waals surface area contributed by atoms with Crippen molar-refractivity contribution in [2.75, 3.05) is 0 Å². The molecule has 94 valence electrons. The van der Waals surface area contributed by atoms with Crippen LogP contribution in [0.5, 0.6) is 0 Å². The molecule has 1 aromatic carbocycles. The molecule has 0 N–H and O–H groups in total. The molecule has 0 spiro atoms. The fraction of sp³-hybridized carbons (Fsp3) is 0.273. The first-order chi connectivity index (χ1) is 8.56. The number of rotatable bonds is 1. The molecular formula is C11H8ClF2N3S. The Morgan fingerprint density at radius 1 is 1.44 bits per heavy atom. The molecule has 0 saturated heterocycles. The van der Waals surface area contributed by atoms with Gasteiger partial charge in [-0.2, -0.15) is 0 Å². The average molecular weight is 288 g/mol. The molecule has 7 heteroatoms. The summed E-state index contributed by atoms with van der Waals surface area (Å²) in [6, 6.07) is 3.68. The van der Waals surface area contributed by atoms with E-state index in [1.54, 1.807) is 0 Å². The fourth-order valence-corrected chi connectivity index (χ4v) is 2.58. The molecule has 2 heterocycles. The van der Waals surface area contributed by atoms with Gasteiger partial charge in [0, 0.05) is 17.0 Å². The highest BCUT2D eigenvalue weighted by molar-refractivity contribution is 7.80. The van der Waals surface area contributed by atoms with E-state index in [2.05, 4.69) is 22.7 Å². The van der Waals surface area contributed by atoms with Crippen LogP contribution in [0.3, 0.4) is 0 Å². The van der Waals surface area contributed by atoms with Crippen molar-refractivity contribution in [2.45, 2.75) is 23.8 Å². The molecule has 0 bridgehead atoms. The summed E-state index contributed by atoms with van der Waals surface area (Å²) in [5.74, 6) is -0.245. The number of halogens is 3. The Bertz CT molecular complexity index is 616. The summed E-state index contributed by atoms with van der Waals surface area (Å²) in [4.78, 5) is 3.89. The number of fused-ring (bicyclic) bond motifs is 1. The topological polar surface area (TPSA) is 30.7 Å². The summed E-state index contributed by atoms with van der Waals surface area (Å²) in [7, 11) is 0. The molecule has 1 aliphatic rings. The van der Waals surface area contributed by atoms with Crippen LogP contribution >= 0.6 is 24.2 Å². The minimum atomic E-state index is -1.26. The third kappa shape index (κ3) is 1.80. The van der Waals surface area contributed by atoms with Crippen LogP contribution in [0.1, 0.15) is 30.0 Å². The lowest BCUT2D eigenvalue weighted by molar-refractivity contribution is 0.325. The van der Waals surface area contributed by atoms with Gasteiger partial charge in [-0.05, 0) is 18.2 Å². The summed E-state index contributed by atoms with van der Waals surface area (Å²) < 4.78 is 28.9. The number of nitrogens with zero attached hydrogens (tertiary/aromatic N) is 3. The number of alkyl halides is 1. The molecule has 3 rings (SSSR count). The molecule has 0 saturated carbocycles. The van der Waals surface area contributed by atoms with Crippen molar-refractivity contribution in [1.82, 2.24) is 14.8 Å². The standard InChI is InChI=1S/C11H8ClF2N3S/c12-5-1-2-7(13)6(3-5)9-4-8(14)10-15-11(18)16-17(9)10/h1-3,8-9H,4H2,(H,16,18)/t8-,9-/m0/s1. The van der Waals surface area contributed by atoms with E-state index in [0.717, 1.165) is 0 Å². The second-order valence-corrected chi connectivity index (χ2v) is 4.94. The van der Waals surface area contributed by atoms with Crippen molar-refractivity contribution < 1.29 is 8.78 Å². The van der Waals surface area contributed by atoms with Crippen LogP contribution in [0.4, 0.5) is 8.78 Å². The highest BCUT2D eigenvalue weighted by Crippen LogP contribution is 2.40. The molecule has 0 aliphatic carbocycles. The van der Waals surface area contributed by atoms with Crippen molar-refractivity contribution in [2.24, 2.45) is 0 Å². The number of hydrogen-bond donors (Lipinski definition) is 1. The van der Waals surface area contributed by atoms with Gasteiger partial charge in [-0.25, -0.2) is 18.4 Å². The zero-order valence-corrected chi connectivity index (χ0v) is 10.7. The quantitative estimate of drug-likeness (QED) is 0.815. The summed E-state index contributed by atoms with van der Waals surface area (Å²) in [6.07, 6.45) is -1.15. The van der Waals surface area contributed by atoms with Gasteiger partial charge in [-0.1, -0.05) is 11.6 Å². The van der Waals surface area contributed by atoms with Crippen molar-refractivity contribution >= 4 is 24.2 Å². The Morgan fingerprint density at radius 2 is 2.22 bits per heavy atom. The third-order valence-corrected chi connectivity index (χ3v) is 3.39. The van der Waals surface area contributed by atoms with Crippen LogP contribution in [0.2, 0.25) is 5.02 Å². The lowest BCUT2D eigenvalue weighted by Crippen LogP contribution is -2.09. The Labute approximate surface area is 112 Å². The predicted octanol–water partition coefficient (Wildman–Crippen LogP) is 3.36. The van der Waals surface area contributed by atoms with Crippen molar-refractivity contribution in [3.05, 3.63) is 40.4 Å². The molecule has 0 unspecified atom stereocenters. The smallest absolute Gasteiger partial charge is 0.205 e. The van der Waals surface area contributed by atoms with Crippen LogP contribution in [-0.2, 0) is 0 Å². The fourth-order valence-electron chi connectivity index (χ4n) is 2.20. The lowest BCUT2D eigenvalue weighted by Gasteiger charge is -2.12. The minimum absolute atomic E-state index is 0.112. The van der Waals surface area contributed by atoms with Crippen LogP contribution in [0.25, 0.3) is 0 Å². The van der Waals surface area contributed by atoms with Crippen molar-refractivity contribution in [3.8, 4) is 0 Å². The zero-order chi connectivity index (χ0) is 12.9. The van der Waals surface area contributed by atoms with Gasteiger partial charge in [-0.3, -0.25) is 0 Å². The van der Waals surface area contributed by atoms with Crippen LogP contribution in [0, 0.1) is 5.82 Å². The van der Waals surface area contributed by atoms with Crippen LogP contribution < -0.4 is 0 Å². The molecule has 1 aromatic heterocycles. The molecule has 3 nitrogen and oxygen atoms in total. The second-order valence-electron chi connectivity index (χ2n) is 4.10.